The first-order valence-corrected chi connectivity index (χ1v) is 17.6. The number of fused-ring (bicyclic) bond motifs is 8. The van der Waals surface area contributed by atoms with E-state index in [9.17, 15) is 14.0 Å². The Bertz CT molecular complexity index is 1940. The lowest BCUT2D eigenvalue weighted by molar-refractivity contribution is -0.164. The van der Waals surface area contributed by atoms with E-state index in [0.717, 1.165) is 38.0 Å². The second-order valence-electron chi connectivity index (χ2n) is 14.9. The fraction of sp³-hybridized carbons (Fsp3) is 0.475. The van der Waals surface area contributed by atoms with Crippen molar-refractivity contribution < 1.29 is 37.3 Å². The molecule has 51 heavy (non-hydrogen) atoms. The van der Waals surface area contributed by atoms with Crippen LogP contribution < -0.4 is 9.64 Å². The van der Waals surface area contributed by atoms with Crippen LogP contribution in [0.1, 0.15) is 94.3 Å². The van der Waals surface area contributed by atoms with Crippen LogP contribution in [0.15, 0.2) is 42.6 Å². The Hall–Kier alpha value is -4.35. The number of methoxy groups -OCH3 is 1. The van der Waals surface area contributed by atoms with Crippen LogP contribution in [0.5, 0.6) is 5.75 Å². The highest BCUT2D eigenvalue weighted by Gasteiger charge is 2.38. The highest BCUT2D eigenvalue weighted by molar-refractivity contribution is 5.92. The van der Waals surface area contributed by atoms with E-state index in [-0.39, 0.29) is 23.0 Å². The summed E-state index contributed by atoms with van der Waals surface area (Å²) in [5.41, 5.74) is 2.23. The summed E-state index contributed by atoms with van der Waals surface area (Å²) in [4.78, 5) is 33.5. The summed E-state index contributed by atoms with van der Waals surface area (Å²) in [5, 5.41) is 0. The summed E-state index contributed by atoms with van der Waals surface area (Å²) in [6.45, 7) is 13.2. The average Bonchev–Trinajstić information content (AvgIpc) is 3.53. The molecule has 4 aromatic rings. The average molecular weight is 704 g/mol. The number of ether oxygens (including phenoxy) is 4. The largest absolute Gasteiger partial charge is 0.490 e. The molecule has 2 aromatic heterocycles. The highest BCUT2D eigenvalue weighted by atomic mass is 19.2. The van der Waals surface area contributed by atoms with Gasteiger partial charge in [0.15, 0.2) is 24.0 Å². The molecule has 5 heterocycles. The Morgan fingerprint density at radius 1 is 1.12 bits per heavy atom. The summed E-state index contributed by atoms with van der Waals surface area (Å²) >= 11 is 0. The zero-order valence-electron chi connectivity index (χ0n) is 30.5. The van der Waals surface area contributed by atoms with Crippen LogP contribution in [0.25, 0.3) is 28.0 Å². The summed E-state index contributed by atoms with van der Waals surface area (Å²) < 4.78 is 56.6. The molecule has 0 saturated carbocycles. The van der Waals surface area contributed by atoms with Crippen LogP contribution in [0.4, 0.5) is 14.6 Å². The number of benzene rings is 2. The first-order valence-electron chi connectivity index (χ1n) is 17.6. The first kappa shape index (κ1) is 36.4. The molecule has 0 amide bonds. The van der Waals surface area contributed by atoms with Crippen LogP contribution in [-0.4, -0.2) is 65.8 Å². The van der Waals surface area contributed by atoms with Crippen molar-refractivity contribution >= 4 is 23.7 Å². The standard InChI is InChI=1S/C40H47F2N3O6/c1-24-11-8-9-20-49-40(6)16-18-44(19-17-40)37-32(35(38(47)48-7)51-39(3,4)5)25(2)28(23-46)36-43-30(22-45(36)37)26-12-10-13-27(21-26)33-31(50-24)15-14-29(41)34(33)42/h10,12-15,21-24,35H,8-9,11,16-20H2,1-7H3/t24-,35-/m0/s1. The molecule has 3 aliphatic heterocycles. The molecular weight excluding hydrogens is 656 g/mol. The topological polar surface area (TPSA) is 91.6 Å². The Morgan fingerprint density at radius 2 is 1.84 bits per heavy atom. The third-order valence-electron chi connectivity index (χ3n) is 9.90. The molecule has 7 rings (SSSR count). The monoisotopic (exact) mass is 703 g/mol. The smallest absolute Gasteiger partial charge is 0.339 e. The number of aldehydes is 1. The number of piperidine rings is 1. The van der Waals surface area contributed by atoms with Gasteiger partial charge in [0.05, 0.1) is 41.2 Å². The van der Waals surface area contributed by atoms with Crippen molar-refractivity contribution in [1.29, 1.82) is 0 Å². The zero-order chi connectivity index (χ0) is 36.7. The van der Waals surface area contributed by atoms with Crippen molar-refractivity contribution in [3.8, 4) is 28.1 Å². The molecule has 6 bridgehead atoms. The van der Waals surface area contributed by atoms with Gasteiger partial charge in [0.1, 0.15) is 17.2 Å². The summed E-state index contributed by atoms with van der Waals surface area (Å²) in [6, 6.07) is 9.58. The number of imidazole rings is 1. The number of hydrogen-bond donors (Lipinski definition) is 0. The molecule has 2 atom stereocenters. The normalized spacial score (nSPS) is 20.5. The fourth-order valence-electron chi connectivity index (χ4n) is 7.14. The lowest BCUT2D eigenvalue weighted by Crippen LogP contribution is -2.45. The second-order valence-corrected chi connectivity index (χ2v) is 14.9. The Labute approximate surface area is 297 Å². The Kier molecular flexibility index (Phi) is 10.3. The van der Waals surface area contributed by atoms with E-state index in [2.05, 4.69) is 11.8 Å². The van der Waals surface area contributed by atoms with E-state index < -0.39 is 29.3 Å². The van der Waals surface area contributed by atoms with Crippen LogP contribution in [0.3, 0.4) is 0 Å². The van der Waals surface area contributed by atoms with E-state index in [1.807, 2.05) is 44.4 Å². The quantitative estimate of drug-likeness (QED) is 0.155. The number of esters is 1. The van der Waals surface area contributed by atoms with Crippen LogP contribution in [0, 0.1) is 18.6 Å². The molecular formula is C40H47F2N3O6. The van der Waals surface area contributed by atoms with Gasteiger partial charge < -0.3 is 23.8 Å². The number of aromatic nitrogens is 2. The predicted octanol–water partition coefficient (Wildman–Crippen LogP) is 8.42. The number of rotatable bonds is 4. The van der Waals surface area contributed by atoms with Crippen molar-refractivity contribution in [2.24, 2.45) is 0 Å². The van der Waals surface area contributed by atoms with Gasteiger partial charge in [-0.05, 0) is 103 Å². The molecule has 1 fully saturated rings. The number of hydrogen-bond acceptors (Lipinski definition) is 8. The Morgan fingerprint density at radius 3 is 2.53 bits per heavy atom. The SMILES string of the molecule is COC(=O)[C@@H](OC(C)(C)C)c1c(C)c(C=O)c2nc3cn2c1N1CCC(C)(CC1)OCCCC[C@H](C)Oc1ccc(F)c(F)c1-c1cccc-3c1. The minimum Gasteiger partial charge on any atom is -0.490 e. The number of pyridine rings is 1. The lowest BCUT2D eigenvalue weighted by atomic mass is 9.91. The van der Waals surface area contributed by atoms with Crippen molar-refractivity contribution in [1.82, 2.24) is 9.38 Å². The first-order chi connectivity index (χ1) is 24.2. The molecule has 0 aliphatic carbocycles. The highest BCUT2D eigenvalue weighted by Crippen LogP contribution is 2.42. The number of carbonyl (C=O) groups is 2. The summed E-state index contributed by atoms with van der Waals surface area (Å²) in [7, 11) is 1.32. The van der Waals surface area contributed by atoms with Gasteiger partial charge in [-0.1, -0.05) is 18.2 Å². The van der Waals surface area contributed by atoms with E-state index in [1.165, 1.54) is 13.2 Å². The van der Waals surface area contributed by atoms with Gasteiger partial charge in [0, 0.05) is 37.0 Å². The number of carbonyl (C=O) groups excluding carboxylic acids is 2. The molecule has 3 aliphatic rings. The van der Waals surface area contributed by atoms with E-state index in [1.54, 1.807) is 25.1 Å². The molecule has 272 valence electrons. The van der Waals surface area contributed by atoms with Crippen molar-refractivity contribution in [3.05, 3.63) is 70.9 Å². The number of halogens is 2. The second kappa shape index (κ2) is 14.3. The van der Waals surface area contributed by atoms with Gasteiger partial charge in [0.25, 0.3) is 0 Å². The molecule has 2 aromatic carbocycles. The summed E-state index contributed by atoms with van der Waals surface area (Å²) in [6.07, 6.45) is 5.00. The minimum absolute atomic E-state index is 0.0224. The maximum atomic E-state index is 15.6. The third kappa shape index (κ3) is 7.37. The van der Waals surface area contributed by atoms with E-state index >= 15 is 4.39 Å². The van der Waals surface area contributed by atoms with Crippen molar-refractivity contribution in [3.63, 3.8) is 0 Å². The van der Waals surface area contributed by atoms with Crippen molar-refractivity contribution in [2.75, 3.05) is 31.7 Å². The van der Waals surface area contributed by atoms with Gasteiger partial charge in [-0.15, -0.1) is 0 Å². The molecule has 0 unspecified atom stereocenters. The van der Waals surface area contributed by atoms with Gasteiger partial charge in [-0.25, -0.2) is 18.6 Å². The third-order valence-corrected chi connectivity index (χ3v) is 9.90. The van der Waals surface area contributed by atoms with Crippen molar-refractivity contribution in [2.45, 2.75) is 97.1 Å². The van der Waals surface area contributed by atoms with Gasteiger partial charge in [-0.2, -0.15) is 0 Å². The van der Waals surface area contributed by atoms with E-state index in [4.69, 9.17) is 23.9 Å². The van der Waals surface area contributed by atoms with Gasteiger partial charge in [-0.3, -0.25) is 9.20 Å². The predicted molar refractivity (Wildman–Crippen MR) is 191 cm³/mol. The molecule has 0 spiro atoms. The van der Waals surface area contributed by atoms with Crippen LogP contribution in [-0.2, 0) is 19.0 Å². The van der Waals surface area contributed by atoms with Gasteiger partial charge >= 0.3 is 5.97 Å². The van der Waals surface area contributed by atoms with Crippen LogP contribution in [0.2, 0.25) is 0 Å². The molecule has 11 heteroatoms. The Balaban J connectivity index is 1.61. The minimum atomic E-state index is -1.14. The van der Waals surface area contributed by atoms with Gasteiger partial charge in [0.2, 0.25) is 0 Å². The lowest BCUT2D eigenvalue weighted by Gasteiger charge is -2.42. The van der Waals surface area contributed by atoms with Crippen LogP contribution >= 0.6 is 0 Å². The zero-order valence-corrected chi connectivity index (χ0v) is 30.5. The molecule has 9 nitrogen and oxygen atoms in total. The van der Waals surface area contributed by atoms with E-state index in [0.29, 0.717) is 71.1 Å². The molecule has 1 saturated heterocycles. The maximum Gasteiger partial charge on any atom is 0.339 e. The number of anilines is 1. The maximum absolute atomic E-state index is 15.6. The molecule has 0 radical (unpaired) electrons. The fourth-order valence-corrected chi connectivity index (χ4v) is 7.14. The number of nitrogens with zero attached hydrogens (tertiary/aromatic N) is 3. The summed E-state index contributed by atoms with van der Waals surface area (Å²) in [5.74, 6) is -1.66. The molecule has 0 N–H and O–H groups in total.